The van der Waals surface area contributed by atoms with Gasteiger partial charge in [-0.3, -0.25) is 0 Å². The van der Waals surface area contributed by atoms with Gasteiger partial charge >= 0.3 is 0 Å². The summed E-state index contributed by atoms with van der Waals surface area (Å²) >= 11 is 3.52. The molecule has 1 aromatic heterocycles. The standard InChI is InChI=1S/C12H11BrN2O3/c1-6-7(8-5-10(14)15-18-8)4-9-12(11(6)13)17-3-2-16-9/h4-5H,2-3H2,1H3,(H2,14,15). The van der Waals surface area contributed by atoms with E-state index in [2.05, 4.69) is 21.1 Å². The number of nitrogens with two attached hydrogens (primary N) is 1. The zero-order valence-electron chi connectivity index (χ0n) is 9.70. The summed E-state index contributed by atoms with van der Waals surface area (Å²) in [4.78, 5) is 0. The Morgan fingerprint density at radius 2 is 2.06 bits per heavy atom. The van der Waals surface area contributed by atoms with Gasteiger partial charge in [-0.05, 0) is 34.5 Å². The van der Waals surface area contributed by atoms with E-state index in [4.69, 9.17) is 19.7 Å². The summed E-state index contributed by atoms with van der Waals surface area (Å²) in [6, 6.07) is 3.57. The summed E-state index contributed by atoms with van der Waals surface area (Å²) < 4.78 is 17.2. The van der Waals surface area contributed by atoms with Crippen molar-refractivity contribution in [2.45, 2.75) is 6.92 Å². The molecule has 0 saturated heterocycles. The molecule has 6 heteroatoms. The lowest BCUT2D eigenvalue weighted by Gasteiger charge is -2.21. The molecule has 1 aliphatic heterocycles. The summed E-state index contributed by atoms with van der Waals surface area (Å²) in [6.45, 7) is 3.07. The number of hydrogen-bond donors (Lipinski definition) is 1. The molecule has 0 unspecified atom stereocenters. The Kier molecular flexibility index (Phi) is 2.66. The predicted octanol–water partition coefficient (Wildman–Crippen LogP) is 2.77. The average Bonchev–Trinajstić information content (AvgIpc) is 2.80. The summed E-state index contributed by atoms with van der Waals surface area (Å²) in [7, 11) is 0. The second kappa shape index (κ2) is 4.20. The van der Waals surface area contributed by atoms with Gasteiger partial charge in [-0.1, -0.05) is 5.16 Å². The van der Waals surface area contributed by atoms with Crippen LogP contribution in [0.15, 0.2) is 21.1 Å². The maximum absolute atomic E-state index is 5.59. The minimum absolute atomic E-state index is 0.357. The molecule has 0 aliphatic carbocycles. The first-order valence-electron chi connectivity index (χ1n) is 5.48. The largest absolute Gasteiger partial charge is 0.486 e. The second-order valence-corrected chi connectivity index (χ2v) is 4.80. The molecule has 2 N–H and O–H groups in total. The van der Waals surface area contributed by atoms with Crippen LogP contribution in [-0.4, -0.2) is 18.4 Å². The average molecular weight is 311 g/mol. The molecule has 2 heterocycles. The van der Waals surface area contributed by atoms with E-state index in [1.54, 1.807) is 6.07 Å². The van der Waals surface area contributed by atoms with Crippen LogP contribution in [0.2, 0.25) is 0 Å². The first-order chi connectivity index (χ1) is 8.66. The Hall–Kier alpha value is -1.69. The minimum Gasteiger partial charge on any atom is -0.486 e. The van der Waals surface area contributed by atoms with Gasteiger partial charge in [0, 0.05) is 11.6 Å². The fraction of sp³-hybridized carbons (Fsp3) is 0.250. The zero-order valence-corrected chi connectivity index (χ0v) is 11.3. The Bertz CT molecular complexity index is 610. The number of aromatic nitrogens is 1. The molecule has 5 nitrogen and oxygen atoms in total. The quantitative estimate of drug-likeness (QED) is 0.877. The van der Waals surface area contributed by atoms with Crippen molar-refractivity contribution in [1.82, 2.24) is 5.16 Å². The molecule has 0 saturated carbocycles. The number of anilines is 1. The van der Waals surface area contributed by atoms with E-state index in [9.17, 15) is 0 Å². The van der Waals surface area contributed by atoms with Crippen molar-refractivity contribution < 1.29 is 14.0 Å². The van der Waals surface area contributed by atoms with Crippen LogP contribution in [0, 0.1) is 6.92 Å². The molecular weight excluding hydrogens is 300 g/mol. The zero-order chi connectivity index (χ0) is 12.7. The van der Waals surface area contributed by atoms with E-state index in [-0.39, 0.29) is 0 Å². The third-order valence-electron chi connectivity index (χ3n) is 2.81. The number of nitrogen functional groups attached to an aromatic ring is 1. The van der Waals surface area contributed by atoms with Crippen LogP contribution in [-0.2, 0) is 0 Å². The van der Waals surface area contributed by atoms with Crippen molar-refractivity contribution >= 4 is 21.7 Å². The molecular formula is C12H11BrN2O3. The SMILES string of the molecule is Cc1c(-c2cc(N)no2)cc2c(c1Br)OCCO2. The highest BCUT2D eigenvalue weighted by Crippen LogP contribution is 2.44. The third kappa shape index (κ3) is 1.73. The summed E-state index contributed by atoms with van der Waals surface area (Å²) in [5.74, 6) is 2.40. The van der Waals surface area contributed by atoms with Gasteiger partial charge in [0.2, 0.25) is 0 Å². The smallest absolute Gasteiger partial charge is 0.175 e. The van der Waals surface area contributed by atoms with Crippen LogP contribution in [0.1, 0.15) is 5.56 Å². The Labute approximate surface area is 112 Å². The molecule has 3 rings (SSSR count). The normalized spacial score (nSPS) is 13.7. The number of fused-ring (bicyclic) bond motifs is 1. The highest BCUT2D eigenvalue weighted by molar-refractivity contribution is 9.10. The van der Waals surface area contributed by atoms with Crippen LogP contribution in [0.3, 0.4) is 0 Å². The minimum atomic E-state index is 0.357. The van der Waals surface area contributed by atoms with Gasteiger partial charge < -0.3 is 19.7 Å². The van der Waals surface area contributed by atoms with Crippen molar-refractivity contribution in [3.63, 3.8) is 0 Å². The molecule has 0 fully saturated rings. The first-order valence-corrected chi connectivity index (χ1v) is 6.27. The van der Waals surface area contributed by atoms with Gasteiger partial charge in [-0.25, -0.2) is 0 Å². The number of nitrogens with zero attached hydrogens (tertiary/aromatic N) is 1. The maximum Gasteiger partial charge on any atom is 0.175 e. The van der Waals surface area contributed by atoms with E-state index in [1.807, 2.05) is 13.0 Å². The predicted molar refractivity (Wildman–Crippen MR) is 69.8 cm³/mol. The van der Waals surface area contributed by atoms with E-state index in [0.717, 1.165) is 21.3 Å². The van der Waals surface area contributed by atoms with E-state index in [1.165, 1.54) is 0 Å². The number of halogens is 1. The molecule has 0 amide bonds. The molecule has 0 spiro atoms. The lowest BCUT2D eigenvalue weighted by molar-refractivity contribution is 0.170. The van der Waals surface area contributed by atoms with Crippen LogP contribution in [0.4, 0.5) is 5.82 Å². The molecule has 0 bridgehead atoms. The van der Waals surface area contributed by atoms with E-state index >= 15 is 0 Å². The van der Waals surface area contributed by atoms with Gasteiger partial charge in [0.05, 0.1) is 4.47 Å². The summed E-state index contributed by atoms with van der Waals surface area (Å²) in [6.07, 6.45) is 0. The Morgan fingerprint density at radius 3 is 2.78 bits per heavy atom. The highest BCUT2D eigenvalue weighted by Gasteiger charge is 2.21. The number of rotatable bonds is 1. The number of ether oxygens (including phenoxy) is 2. The summed E-state index contributed by atoms with van der Waals surface area (Å²) in [5, 5.41) is 3.69. The highest BCUT2D eigenvalue weighted by atomic mass is 79.9. The van der Waals surface area contributed by atoms with Crippen molar-refractivity contribution in [1.29, 1.82) is 0 Å². The van der Waals surface area contributed by atoms with Crippen LogP contribution >= 0.6 is 15.9 Å². The van der Waals surface area contributed by atoms with Gasteiger partial charge in [0.25, 0.3) is 0 Å². The molecule has 2 aromatic rings. The van der Waals surface area contributed by atoms with Crippen LogP contribution < -0.4 is 15.2 Å². The van der Waals surface area contributed by atoms with E-state index in [0.29, 0.717) is 30.5 Å². The Morgan fingerprint density at radius 1 is 1.28 bits per heavy atom. The van der Waals surface area contributed by atoms with E-state index < -0.39 is 0 Å². The topological polar surface area (TPSA) is 70.5 Å². The Balaban J connectivity index is 2.18. The first kappa shape index (κ1) is 11.4. The lowest BCUT2D eigenvalue weighted by Crippen LogP contribution is -2.16. The van der Waals surface area contributed by atoms with Gasteiger partial charge in [0.1, 0.15) is 13.2 Å². The van der Waals surface area contributed by atoms with Crippen molar-refractivity contribution in [2.24, 2.45) is 0 Å². The number of benzene rings is 1. The van der Waals surface area contributed by atoms with Crippen LogP contribution in [0.5, 0.6) is 11.5 Å². The lowest BCUT2D eigenvalue weighted by atomic mass is 10.1. The van der Waals surface area contributed by atoms with Crippen molar-refractivity contribution in [2.75, 3.05) is 18.9 Å². The van der Waals surface area contributed by atoms with Gasteiger partial charge in [0.15, 0.2) is 23.1 Å². The second-order valence-electron chi connectivity index (χ2n) is 4.00. The molecule has 0 radical (unpaired) electrons. The third-order valence-corrected chi connectivity index (χ3v) is 3.77. The monoisotopic (exact) mass is 310 g/mol. The summed E-state index contributed by atoms with van der Waals surface area (Å²) in [5.41, 5.74) is 7.45. The van der Waals surface area contributed by atoms with Crippen molar-refractivity contribution in [3.05, 3.63) is 22.2 Å². The number of hydrogen-bond acceptors (Lipinski definition) is 5. The molecule has 94 valence electrons. The molecule has 1 aromatic carbocycles. The fourth-order valence-electron chi connectivity index (χ4n) is 1.91. The van der Waals surface area contributed by atoms with Gasteiger partial charge in [-0.15, -0.1) is 0 Å². The maximum atomic E-state index is 5.59. The van der Waals surface area contributed by atoms with Gasteiger partial charge in [-0.2, -0.15) is 0 Å². The fourth-order valence-corrected chi connectivity index (χ4v) is 2.43. The molecule has 0 atom stereocenters. The van der Waals surface area contributed by atoms with Crippen LogP contribution in [0.25, 0.3) is 11.3 Å². The molecule has 1 aliphatic rings. The molecule has 18 heavy (non-hydrogen) atoms. The van der Waals surface area contributed by atoms with Crippen molar-refractivity contribution in [3.8, 4) is 22.8 Å².